The summed E-state index contributed by atoms with van der Waals surface area (Å²) in [6.07, 6.45) is 4.38. The number of pyridine rings is 1. The van der Waals surface area contributed by atoms with Gasteiger partial charge in [0.05, 0.1) is 0 Å². The fourth-order valence-corrected chi connectivity index (χ4v) is 2.41. The van der Waals surface area contributed by atoms with Gasteiger partial charge >= 0.3 is 0 Å². The van der Waals surface area contributed by atoms with Gasteiger partial charge in [-0.25, -0.2) is 0 Å². The lowest BCUT2D eigenvalue weighted by Crippen LogP contribution is -2.33. The monoisotopic (exact) mass is 234 g/mol. The summed E-state index contributed by atoms with van der Waals surface area (Å²) in [6, 6.07) is 0. The smallest absolute Gasteiger partial charge is 0.187 e. The van der Waals surface area contributed by atoms with Crippen LogP contribution < -0.4 is 5.43 Å². The molecule has 2 heterocycles. The molecule has 1 aromatic heterocycles. The van der Waals surface area contributed by atoms with Crippen molar-refractivity contribution in [3.63, 3.8) is 0 Å². The van der Waals surface area contributed by atoms with Gasteiger partial charge in [-0.1, -0.05) is 6.92 Å². The first-order valence-corrected chi connectivity index (χ1v) is 6.48. The van der Waals surface area contributed by atoms with Crippen LogP contribution in [0.2, 0.25) is 0 Å². The predicted octanol–water partition coefficient (Wildman–Crippen LogP) is 2.22. The second-order valence-corrected chi connectivity index (χ2v) is 5.36. The topological polar surface area (TPSA) is 36.1 Å². The lowest BCUT2D eigenvalue weighted by molar-refractivity contribution is 0.183. The van der Waals surface area contributed by atoms with Gasteiger partial charge < -0.3 is 4.98 Å². The van der Waals surface area contributed by atoms with E-state index in [0.717, 1.165) is 42.4 Å². The van der Waals surface area contributed by atoms with Crippen LogP contribution in [0.5, 0.6) is 0 Å². The molecule has 0 saturated carbocycles. The highest BCUT2D eigenvalue weighted by Crippen LogP contribution is 2.17. The molecule has 3 heteroatoms. The van der Waals surface area contributed by atoms with Crippen molar-refractivity contribution in [1.82, 2.24) is 9.88 Å². The van der Waals surface area contributed by atoms with Crippen molar-refractivity contribution in [3.05, 3.63) is 33.2 Å². The summed E-state index contributed by atoms with van der Waals surface area (Å²) in [5.41, 5.74) is 2.95. The van der Waals surface area contributed by atoms with Crippen LogP contribution in [0.1, 0.15) is 36.6 Å². The summed E-state index contributed by atoms with van der Waals surface area (Å²) >= 11 is 0. The maximum absolute atomic E-state index is 11.8. The molecule has 0 spiro atoms. The van der Waals surface area contributed by atoms with E-state index < -0.39 is 0 Å². The molecule has 1 aliphatic rings. The number of piperidine rings is 1. The Labute approximate surface area is 103 Å². The summed E-state index contributed by atoms with van der Waals surface area (Å²) in [5, 5.41) is 0. The quantitative estimate of drug-likeness (QED) is 0.851. The Morgan fingerprint density at radius 1 is 1.35 bits per heavy atom. The molecule has 0 aromatic carbocycles. The number of rotatable bonds is 2. The third kappa shape index (κ3) is 2.78. The van der Waals surface area contributed by atoms with E-state index >= 15 is 0 Å². The summed E-state index contributed by atoms with van der Waals surface area (Å²) in [7, 11) is 0. The Hall–Kier alpha value is -1.09. The Kier molecular flexibility index (Phi) is 3.67. The zero-order valence-electron chi connectivity index (χ0n) is 11.0. The number of aromatic nitrogens is 1. The minimum absolute atomic E-state index is 0.184. The molecule has 1 aromatic rings. The second-order valence-electron chi connectivity index (χ2n) is 5.36. The lowest BCUT2D eigenvalue weighted by Gasteiger charge is -2.30. The van der Waals surface area contributed by atoms with Crippen LogP contribution >= 0.6 is 0 Å². The van der Waals surface area contributed by atoms with Gasteiger partial charge in [0.2, 0.25) is 0 Å². The lowest BCUT2D eigenvalue weighted by atomic mass is 9.99. The van der Waals surface area contributed by atoms with Gasteiger partial charge in [0.1, 0.15) is 0 Å². The van der Waals surface area contributed by atoms with Crippen LogP contribution in [0.4, 0.5) is 0 Å². The van der Waals surface area contributed by atoms with Crippen molar-refractivity contribution < 1.29 is 0 Å². The molecule has 2 rings (SSSR count). The number of aromatic amines is 1. The minimum atomic E-state index is 0.184. The van der Waals surface area contributed by atoms with Gasteiger partial charge in [-0.15, -0.1) is 0 Å². The van der Waals surface area contributed by atoms with Gasteiger partial charge in [0, 0.05) is 29.6 Å². The molecule has 1 aliphatic heterocycles. The summed E-state index contributed by atoms with van der Waals surface area (Å²) in [5.74, 6) is 0.851. The maximum atomic E-state index is 11.8. The summed E-state index contributed by atoms with van der Waals surface area (Å²) in [6.45, 7) is 9.28. The number of likely N-dealkylation sites (tertiary alicyclic amines) is 1. The molecular weight excluding hydrogens is 212 g/mol. The fourth-order valence-electron chi connectivity index (χ4n) is 2.41. The first-order chi connectivity index (χ1) is 8.08. The average molecular weight is 234 g/mol. The zero-order valence-corrected chi connectivity index (χ0v) is 11.0. The van der Waals surface area contributed by atoms with Gasteiger partial charge in [0.15, 0.2) is 5.43 Å². The Balaban J connectivity index is 2.09. The molecule has 0 amide bonds. The van der Waals surface area contributed by atoms with Crippen LogP contribution in [-0.4, -0.2) is 23.0 Å². The molecule has 1 N–H and O–H groups in total. The highest BCUT2D eigenvalue weighted by atomic mass is 16.1. The molecule has 94 valence electrons. The maximum Gasteiger partial charge on any atom is 0.187 e. The molecule has 0 atom stereocenters. The summed E-state index contributed by atoms with van der Waals surface area (Å²) in [4.78, 5) is 17.5. The molecule has 17 heavy (non-hydrogen) atoms. The number of nitrogens with zero attached hydrogens (tertiary/aromatic N) is 1. The first-order valence-electron chi connectivity index (χ1n) is 6.48. The van der Waals surface area contributed by atoms with Crippen LogP contribution in [-0.2, 0) is 6.54 Å². The van der Waals surface area contributed by atoms with Gasteiger partial charge in [0.25, 0.3) is 0 Å². The molecule has 1 fully saturated rings. The van der Waals surface area contributed by atoms with Crippen molar-refractivity contribution in [3.8, 4) is 0 Å². The number of hydrogen-bond acceptors (Lipinski definition) is 2. The van der Waals surface area contributed by atoms with Crippen molar-refractivity contribution >= 4 is 0 Å². The number of aryl methyl sites for hydroxylation is 1. The van der Waals surface area contributed by atoms with Crippen molar-refractivity contribution in [2.24, 2.45) is 5.92 Å². The van der Waals surface area contributed by atoms with E-state index in [2.05, 4.69) is 16.8 Å². The Bertz CT molecular complexity index is 442. The van der Waals surface area contributed by atoms with E-state index in [1.165, 1.54) is 12.8 Å². The van der Waals surface area contributed by atoms with E-state index in [1.807, 2.05) is 20.0 Å². The highest BCUT2D eigenvalue weighted by molar-refractivity contribution is 5.23. The van der Waals surface area contributed by atoms with Gasteiger partial charge in [-0.3, -0.25) is 9.69 Å². The SMILES string of the molecule is Cc1c[nH]c(CN2CCC(C)CC2)c(C)c1=O. The van der Waals surface area contributed by atoms with Crippen molar-refractivity contribution in [2.45, 2.75) is 40.2 Å². The molecule has 0 aliphatic carbocycles. The van der Waals surface area contributed by atoms with Crippen LogP contribution in [0.25, 0.3) is 0 Å². The second kappa shape index (κ2) is 5.05. The van der Waals surface area contributed by atoms with E-state index in [9.17, 15) is 4.79 Å². The van der Waals surface area contributed by atoms with E-state index in [-0.39, 0.29) is 5.43 Å². The molecule has 0 unspecified atom stereocenters. The summed E-state index contributed by atoms with van der Waals surface area (Å²) < 4.78 is 0. The predicted molar refractivity (Wildman–Crippen MR) is 70.2 cm³/mol. The largest absolute Gasteiger partial charge is 0.363 e. The Morgan fingerprint density at radius 2 is 2.00 bits per heavy atom. The first kappa shape index (κ1) is 12.4. The van der Waals surface area contributed by atoms with Crippen molar-refractivity contribution in [2.75, 3.05) is 13.1 Å². The molecule has 3 nitrogen and oxygen atoms in total. The molecule has 1 saturated heterocycles. The third-order valence-corrected chi connectivity index (χ3v) is 3.87. The normalized spacial score (nSPS) is 18.5. The standard InChI is InChI=1S/C14H22N2O/c1-10-4-6-16(7-5-10)9-13-12(3)14(17)11(2)8-15-13/h8,10H,4-7,9H2,1-3H3,(H,15,17). The van der Waals surface area contributed by atoms with E-state index in [0.29, 0.717) is 0 Å². The molecular formula is C14H22N2O. The van der Waals surface area contributed by atoms with Crippen LogP contribution in [0.3, 0.4) is 0 Å². The number of nitrogens with one attached hydrogen (secondary N) is 1. The van der Waals surface area contributed by atoms with Gasteiger partial charge in [-0.05, 0) is 45.7 Å². The average Bonchev–Trinajstić information content (AvgIpc) is 2.33. The van der Waals surface area contributed by atoms with E-state index in [4.69, 9.17) is 0 Å². The number of H-pyrrole nitrogens is 1. The van der Waals surface area contributed by atoms with E-state index in [1.54, 1.807) is 0 Å². The third-order valence-electron chi connectivity index (χ3n) is 3.87. The minimum Gasteiger partial charge on any atom is -0.363 e. The zero-order chi connectivity index (χ0) is 12.4. The molecule has 0 bridgehead atoms. The van der Waals surface area contributed by atoms with Crippen LogP contribution in [0.15, 0.2) is 11.0 Å². The fraction of sp³-hybridized carbons (Fsp3) is 0.643. The highest BCUT2D eigenvalue weighted by Gasteiger charge is 2.17. The number of hydrogen-bond donors (Lipinski definition) is 1. The molecule has 0 radical (unpaired) electrons. The van der Waals surface area contributed by atoms with Crippen LogP contribution in [0, 0.1) is 19.8 Å². The van der Waals surface area contributed by atoms with Crippen molar-refractivity contribution in [1.29, 1.82) is 0 Å². The Morgan fingerprint density at radius 3 is 2.65 bits per heavy atom. The van der Waals surface area contributed by atoms with Gasteiger partial charge in [-0.2, -0.15) is 0 Å².